The van der Waals surface area contributed by atoms with Crippen LogP contribution in [0.1, 0.15) is 23.2 Å². The number of ether oxygens (including phenoxy) is 1. The Morgan fingerprint density at radius 2 is 1.92 bits per heavy atom. The molecule has 1 amide bonds. The predicted molar refractivity (Wildman–Crippen MR) is 93.4 cm³/mol. The van der Waals surface area contributed by atoms with Gasteiger partial charge in [0.2, 0.25) is 0 Å². The van der Waals surface area contributed by atoms with E-state index in [1.165, 1.54) is 18.2 Å². The fourth-order valence-corrected chi connectivity index (χ4v) is 3.57. The van der Waals surface area contributed by atoms with Crippen molar-refractivity contribution in [2.45, 2.75) is 12.8 Å². The second kappa shape index (κ2) is 7.79. The zero-order valence-electron chi connectivity index (χ0n) is 14.2. The molecule has 1 aromatic rings. The summed E-state index contributed by atoms with van der Waals surface area (Å²) in [5, 5.41) is 11.2. The first-order valence-corrected chi connectivity index (χ1v) is 8.68. The Bertz CT molecular complexity index is 638. The SMILES string of the molecule is Nc1cccc([N+](=O)[O-])c1C(=O)N1CCC(CN2CCOCC2)CC1. The number of carbonyl (C=O) groups is 1. The maximum Gasteiger partial charge on any atom is 0.284 e. The van der Waals surface area contributed by atoms with Crippen molar-refractivity contribution >= 4 is 17.3 Å². The fraction of sp³-hybridized carbons (Fsp3) is 0.588. The molecule has 1 aromatic carbocycles. The van der Waals surface area contributed by atoms with E-state index in [4.69, 9.17) is 10.5 Å². The summed E-state index contributed by atoms with van der Waals surface area (Å²) in [6.45, 7) is 5.75. The van der Waals surface area contributed by atoms with Gasteiger partial charge in [-0.25, -0.2) is 0 Å². The molecule has 0 atom stereocenters. The molecule has 136 valence electrons. The molecule has 3 rings (SSSR count). The van der Waals surface area contributed by atoms with E-state index in [0.717, 1.165) is 45.7 Å². The van der Waals surface area contributed by atoms with E-state index in [1.807, 2.05) is 0 Å². The van der Waals surface area contributed by atoms with Gasteiger partial charge in [-0.2, -0.15) is 0 Å². The van der Waals surface area contributed by atoms with E-state index in [2.05, 4.69) is 4.90 Å². The molecule has 2 aliphatic heterocycles. The third-order valence-electron chi connectivity index (χ3n) is 5.01. The first kappa shape index (κ1) is 17.6. The number of hydrogen-bond acceptors (Lipinski definition) is 6. The van der Waals surface area contributed by atoms with Crippen LogP contribution in [0.5, 0.6) is 0 Å². The molecule has 0 spiro atoms. The molecule has 0 aromatic heterocycles. The van der Waals surface area contributed by atoms with E-state index in [1.54, 1.807) is 4.90 Å². The summed E-state index contributed by atoms with van der Waals surface area (Å²) < 4.78 is 5.37. The van der Waals surface area contributed by atoms with Crippen molar-refractivity contribution in [1.29, 1.82) is 0 Å². The van der Waals surface area contributed by atoms with Crippen molar-refractivity contribution in [3.8, 4) is 0 Å². The van der Waals surface area contributed by atoms with Crippen molar-refractivity contribution < 1.29 is 14.5 Å². The minimum atomic E-state index is -0.547. The summed E-state index contributed by atoms with van der Waals surface area (Å²) in [7, 11) is 0. The number of hydrogen-bond donors (Lipinski definition) is 1. The molecule has 0 unspecified atom stereocenters. The lowest BCUT2D eigenvalue weighted by atomic mass is 9.95. The molecular formula is C17H24N4O4. The summed E-state index contributed by atoms with van der Waals surface area (Å²) in [5.74, 6) is 0.208. The molecule has 8 nitrogen and oxygen atoms in total. The molecule has 2 fully saturated rings. The van der Waals surface area contributed by atoms with E-state index < -0.39 is 4.92 Å². The Morgan fingerprint density at radius 1 is 1.24 bits per heavy atom. The first-order valence-electron chi connectivity index (χ1n) is 8.68. The van der Waals surface area contributed by atoms with Crippen LogP contribution < -0.4 is 5.73 Å². The van der Waals surface area contributed by atoms with E-state index in [0.29, 0.717) is 19.0 Å². The van der Waals surface area contributed by atoms with Crippen LogP contribution >= 0.6 is 0 Å². The van der Waals surface area contributed by atoms with E-state index >= 15 is 0 Å². The molecule has 2 heterocycles. The van der Waals surface area contributed by atoms with Crippen LogP contribution in [0.25, 0.3) is 0 Å². The monoisotopic (exact) mass is 348 g/mol. The predicted octanol–water partition coefficient (Wildman–Crippen LogP) is 1.36. The molecular weight excluding hydrogens is 324 g/mol. The van der Waals surface area contributed by atoms with Crippen molar-refractivity contribution in [3.63, 3.8) is 0 Å². The van der Waals surface area contributed by atoms with Crippen LogP contribution in [0.3, 0.4) is 0 Å². The van der Waals surface area contributed by atoms with Gasteiger partial charge in [-0.15, -0.1) is 0 Å². The zero-order valence-corrected chi connectivity index (χ0v) is 14.2. The standard InChI is InChI=1S/C17H24N4O4/c18-14-2-1-3-15(21(23)24)16(14)17(22)20-6-4-13(5-7-20)12-19-8-10-25-11-9-19/h1-3,13H,4-12,18H2. The second-order valence-corrected chi connectivity index (χ2v) is 6.65. The summed E-state index contributed by atoms with van der Waals surface area (Å²) in [4.78, 5) is 27.5. The number of amides is 1. The molecule has 0 bridgehead atoms. The third-order valence-corrected chi connectivity index (χ3v) is 5.01. The lowest BCUT2D eigenvalue weighted by Gasteiger charge is -2.36. The number of nitro benzene ring substituents is 1. The van der Waals surface area contributed by atoms with Gasteiger partial charge >= 0.3 is 0 Å². The number of likely N-dealkylation sites (tertiary alicyclic amines) is 1. The van der Waals surface area contributed by atoms with Gasteiger partial charge in [-0.05, 0) is 24.8 Å². The Labute approximate surface area is 146 Å². The van der Waals surface area contributed by atoms with E-state index in [-0.39, 0.29) is 22.8 Å². The van der Waals surface area contributed by atoms with Crippen LogP contribution in [0.15, 0.2) is 18.2 Å². The average molecular weight is 348 g/mol. The minimum absolute atomic E-state index is 0.0131. The lowest BCUT2D eigenvalue weighted by molar-refractivity contribution is -0.385. The largest absolute Gasteiger partial charge is 0.398 e. The van der Waals surface area contributed by atoms with Crippen LogP contribution in [0.4, 0.5) is 11.4 Å². The quantitative estimate of drug-likeness (QED) is 0.501. The number of rotatable bonds is 4. The third kappa shape index (κ3) is 4.08. The summed E-state index contributed by atoms with van der Waals surface area (Å²) in [6, 6.07) is 4.36. The summed E-state index contributed by atoms with van der Waals surface area (Å²) in [6.07, 6.45) is 1.81. The number of morpholine rings is 1. The molecule has 2 N–H and O–H groups in total. The molecule has 0 aliphatic carbocycles. The molecule has 0 saturated carbocycles. The van der Waals surface area contributed by atoms with Gasteiger partial charge in [0.15, 0.2) is 0 Å². The summed E-state index contributed by atoms with van der Waals surface area (Å²) >= 11 is 0. The van der Waals surface area contributed by atoms with Crippen molar-refractivity contribution in [2.24, 2.45) is 5.92 Å². The Balaban J connectivity index is 1.61. The van der Waals surface area contributed by atoms with Gasteiger partial charge in [0.25, 0.3) is 11.6 Å². The van der Waals surface area contributed by atoms with Crippen molar-refractivity contribution in [1.82, 2.24) is 9.80 Å². The number of nitrogens with two attached hydrogens (primary N) is 1. The summed E-state index contributed by atoms with van der Waals surface area (Å²) in [5.41, 5.74) is 5.80. The van der Waals surface area contributed by atoms with Gasteiger partial charge in [-0.3, -0.25) is 19.8 Å². The minimum Gasteiger partial charge on any atom is -0.398 e. The van der Waals surface area contributed by atoms with Crippen LogP contribution in [-0.4, -0.2) is 66.6 Å². The van der Waals surface area contributed by atoms with Gasteiger partial charge < -0.3 is 15.4 Å². The Kier molecular flexibility index (Phi) is 5.50. The number of nitrogens with zero attached hydrogens (tertiary/aromatic N) is 3. The number of carbonyl (C=O) groups excluding carboxylic acids is 1. The first-order chi connectivity index (χ1) is 12.1. The Hall–Kier alpha value is -2.19. The fourth-order valence-electron chi connectivity index (χ4n) is 3.57. The number of piperidine rings is 1. The highest BCUT2D eigenvalue weighted by molar-refractivity contribution is 6.03. The maximum absolute atomic E-state index is 12.8. The van der Waals surface area contributed by atoms with Gasteiger partial charge in [0, 0.05) is 38.8 Å². The highest BCUT2D eigenvalue weighted by Crippen LogP contribution is 2.28. The van der Waals surface area contributed by atoms with Crippen molar-refractivity contribution in [3.05, 3.63) is 33.9 Å². The van der Waals surface area contributed by atoms with Crippen LogP contribution in [0, 0.1) is 16.0 Å². The van der Waals surface area contributed by atoms with Crippen LogP contribution in [-0.2, 0) is 4.74 Å². The van der Waals surface area contributed by atoms with Gasteiger partial charge in [-0.1, -0.05) is 6.07 Å². The molecule has 25 heavy (non-hydrogen) atoms. The Morgan fingerprint density at radius 3 is 2.56 bits per heavy atom. The zero-order chi connectivity index (χ0) is 17.8. The average Bonchev–Trinajstić information content (AvgIpc) is 2.62. The highest BCUT2D eigenvalue weighted by atomic mass is 16.6. The smallest absolute Gasteiger partial charge is 0.284 e. The van der Waals surface area contributed by atoms with Crippen LogP contribution in [0.2, 0.25) is 0 Å². The van der Waals surface area contributed by atoms with Gasteiger partial charge in [0.05, 0.1) is 23.8 Å². The number of benzene rings is 1. The molecule has 2 saturated heterocycles. The molecule has 8 heteroatoms. The lowest BCUT2D eigenvalue weighted by Crippen LogP contribution is -2.44. The number of nitro groups is 1. The topological polar surface area (TPSA) is 102 Å². The normalized spacial score (nSPS) is 19.8. The number of anilines is 1. The van der Waals surface area contributed by atoms with Crippen molar-refractivity contribution in [2.75, 3.05) is 51.7 Å². The van der Waals surface area contributed by atoms with Gasteiger partial charge in [0.1, 0.15) is 5.56 Å². The molecule has 2 aliphatic rings. The highest BCUT2D eigenvalue weighted by Gasteiger charge is 2.30. The maximum atomic E-state index is 12.8. The second-order valence-electron chi connectivity index (χ2n) is 6.65. The van der Waals surface area contributed by atoms with E-state index in [9.17, 15) is 14.9 Å². The number of nitrogen functional groups attached to an aromatic ring is 1. The molecule has 0 radical (unpaired) electrons.